The van der Waals surface area contributed by atoms with Gasteiger partial charge in [0.2, 0.25) is 0 Å². The molecule has 0 aromatic heterocycles. The molecule has 2 rings (SSSR count). The SMILES string of the molecule is Cc1c(Cl)ccc(-c2c(Cl)cccc2Cl)c1Cl. The maximum absolute atomic E-state index is 6.28. The summed E-state index contributed by atoms with van der Waals surface area (Å²) in [6.45, 7) is 1.86. The topological polar surface area (TPSA) is 0 Å². The standard InChI is InChI=1S/C13H8Cl4/c1-7-9(14)6-5-8(13(7)17)12-10(15)3-2-4-11(12)16/h2-6H,1H3. The Morgan fingerprint density at radius 3 is 1.94 bits per heavy atom. The first-order valence-electron chi connectivity index (χ1n) is 4.91. The van der Waals surface area contributed by atoms with Gasteiger partial charge in [-0.25, -0.2) is 0 Å². The molecule has 88 valence electrons. The molecule has 0 aliphatic heterocycles. The summed E-state index contributed by atoms with van der Waals surface area (Å²) in [6, 6.07) is 8.97. The van der Waals surface area contributed by atoms with Crippen LogP contribution in [0.15, 0.2) is 30.3 Å². The Labute approximate surface area is 120 Å². The molecule has 2 aromatic carbocycles. The third-order valence-corrected chi connectivity index (χ3v) is 4.08. The molecular formula is C13H8Cl4. The van der Waals surface area contributed by atoms with Crippen LogP contribution in [0.25, 0.3) is 11.1 Å². The van der Waals surface area contributed by atoms with Crippen LogP contribution in [-0.4, -0.2) is 0 Å². The Balaban J connectivity index is 2.74. The van der Waals surface area contributed by atoms with Gasteiger partial charge in [-0.1, -0.05) is 58.5 Å². The smallest absolute Gasteiger partial charge is 0.0529 e. The van der Waals surface area contributed by atoms with Gasteiger partial charge in [0.15, 0.2) is 0 Å². The minimum atomic E-state index is 0.570. The van der Waals surface area contributed by atoms with E-state index in [0.717, 1.165) is 16.7 Å². The second-order valence-corrected chi connectivity index (χ2v) is 5.23. The van der Waals surface area contributed by atoms with Gasteiger partial charge in [0, 0.05) is 26.2 Å². The fraction of sp³-hybridized carbons (Fsp3) is 0.0769. The summed E-state index contributed by atoms with van der Waals surface area (Å²) in [5.41, 5.74) is 2.35. The van der Waals surface area contributed by atoms with Gasteiger partial charge in [0.1, 0.15) is 0 Å². The minimum Gasteiger partial charge on any atom is -0.0840 e. The van der Waals surface area contributed by atoms with Crippen LogP contribution >= 0.6 is 46.4 Å². The van der Waals surface area contributed by atoms with E-state index >= 15 is 0 Å². The molecule has 0 aliphatic rings. The maximum Gasteiger partial charge on any atom is 0.0529 e. The molecule has 4 heteroatoms. The Kier molecular flexibility index (Phi) is 3.89. The van der Waals surface area contributed by atoms with E-state index in [0.29, 0.717) is 20.1 Å². The number of halogens is 4. The third-order valence-electron chi connectivity index (χ3n) is 2.55. The van der Waals surface area contributed by atoms with Gasteiger partial charge in [0.05, 0.1) is 5.02 Å². The van der Waals surface area contributed by atoms with Crippen LogP contribution in [0.4, 0.5) is 0 Å². The summed E-state index contributed by atoms with van der Waals surface area (Å²) in [4.78, 5) is 0. The highest BCUT2D eigenvalue weighted by atomic mass is 35.5. The molecule has 0 aliphatic carbocycles. The molecule has 2 aromatic rings. The van der Waals surface area contributed by atoms with Gasteiger partial charge in [-0.15, -0.1) is 0 Å². The first-order chi connectivity index (χ1) is 8.02. The largest absolute Gasteiger partial charge is 0.0840 e. The molecule has 17 heavy (non-hydrogen) atoms. The lowest BCUT2D eigenvalue weighted by molar-refractivity contribution is 1.46. The molecule has 0 heterocycles. The van der Waals surface area contributed by atoms with Gasteiger partial charge in [-0.2, -0.15) is 0 Å². The van der Waals surface area contributed by atoms with Crippen molar-refractivity contribution >= 4 is 46.4 Å². The normalized spacial score (nSPS) is 10.6. The van der Waals surface area contributed by atoms with Gasteiger partial charge >= 0.3 is 0 Å². The Morgan fingerprint density at radius 2 is 1.35 bits per heavy atom. The first-order valence-corrected chi connectivity index (χ1v) is 6.42. The van der Waals surface area contributed by atoms with E-state index in [1.165, 1.54) is 0 Å². The average molecular weight is 306 g/mol. The summed E-state index contributed by atoms with van der Waals surface area (Å²) in [7, 11) is 0. The van der Waals surface area contributed by atoms with Crippen LogP contribution < -0.4 is 0 Å². The number of hydrogen-bond acceptors (Lipinski definition) is 0. The van der Waals surface area contributed by atoms with Crippen LogP contribution in [0.3, 0.4) is 0 Å². The summed E-state index contributed by atoms with van der Waals surface area (Å²) in [5.74, 6) is 0. The molecule has 0 bridgehead atoms. The number of benzene rings is 2. The van der Waals surface area contributed by atoms with Crippen molar-refractivity contribution in [2.24, 2.45) is 0 Å². The zero-order chi connectivity index (χ0) is 12.6. The molecule has 0 radical (unpaired) electrons. The van der Waals surface area contributed by atoms with Crippen molar-refractivity contribution in [3.05, 3.63) is 56.0 Å². The van der Waals surface area contributed by atoms with E-state index in [2.05, 4.69) is 0 Å². The highest BCUT2D eigenvalue weighted by Gasteiger charge is 2.14. The fourth-order valence-electron chi connectivity index (χ4n) is 1.61. The van der Waals surface area contributed by atoms with Crippen LogP contribution in [0.5, 0.6) is 0 Å². The molecule has 0 N–H and O–H groups in total. The van der Waals surface area contributed by atoms with E-state index in [9.17, 15) is 0 Å². The quantitative estimate of drug-likeness (QED) is 0.582. The van der Waals surface area contributed by atoms with Gasteiger partial charge < -0.3 is 0 Å². The van der Waals surface area contributed by atoms with E-state index < -0.39 is 0 Å². The van der Waals surface area contributed by atoms with Crippen LogP contribution in [0.1, 0.15) is 5.56 Å². The van der Waals surface area contributed by atoms with E-state index in [1.807, 2.05) is 13.0 Å². The zero-order valence-electron chi connectivity index (χ0n) is 8.90. The van der Waals surface area contributed by atoms with E-state index in [4.69, 9.17) is 46.4 Å². The van der Waals surface area contributed by atoms with Crippen molar-refractivity contribution in [2.45, 2.75) is 6.92 Å². The Bertz CT molecular complexity index is 556. The van der Waals surface area contributed by atoms with Gasteiger partial charge in [-0.05, 0) is 30.7 Å². The first kappa shape index (κ1) is 13.0. The number of hydrogen-bond donors (Lipinski definition) is 0. The predicted octanol–water partition coefficient (Wildman–Crippen LogP) is 6.28. The molecule has 0 atom stereocenters. The monoisotopic (exact) mass is 304 g/mol. The number of rotatable bonds is 1. The highest BCUT2D eigenvalue weighted by Crippen LogP contribution is 2.40. The van der Waals surface area contributed by atoms with Gasteiger partial charge in [-0.3, -0.25) is 0 Å². The van der Waals surface area contributed by atoms with Crippen LogP contribution in [0, 0.1) is 6.92 Å². The Hall–Kier alpha value is -0.400. The molecule has 0 fully saturated rings. The third kappa shape index (κ3) is 2.41. The second-order valence-electron chi connectivity index (χ2n) is 3.63. The molecule has 0 spiro atoms. The van der Waals surface area contributed by atoms with Crippen molar-refractivity contribution in [1.82, 2.24) is 0 Å². The summed E-state index contributed by atoms with van der Waals surface area (Å²) in [6.07, 6.45) is 0. The van der Waals surface area contributed by atoms with E-state index in [1.54, 1.807) is 24.3 Å². The molecule has 0 nitrogen and oxygen atoms in total. The van der Waals surface area contributed by atoms with E-state index in [-0.39, 0.29) is 0 Å². The summed E-state index contributed by atoms with van der Waals surface area (Å²) >= 11 is 24.6. The predicted molar refractivity (Wildman–Crippen MR) is 76.7 cm³/mol. The van der Waals surface area contributed by atoms with Crippen molar-refractivity contribution in [2.75, 3.05) is 0 Å². The summed E-state index contributed by atoms with van der Waals surface area (Å²) in [5, 5.41) is 2.34. The van der Waals surface area contributed by atoms with Gasteiger partial charge in [0.25, 0.3) is 0 Å². The Morgan fingerprint density at radius 1 is 0.765 bits per heavy atom. The molecule has 0 saturated carbocycles. The molecule has 0 amide bonds. The van der Waals surface area contributed by atoms with Crippen molar-refractivity contribution in [1.29, 1.82) is 0 Å². The molecular weight excluding hydrogens is 298 g/mol. The molecule has 0 saturated heterocycles. The lowest BCUT2D eigenvalue weighted by Crippen LogP contribution is -1.87. The van der Waals surface area contributed by atoms with Crippen LogP contribution in [-0.2, 0) is 0 Å². The van der Waals surface area contributed by atoms with Crippen molar-refractivity contribution < 1.29 is 0 Å². The minimum absolute atomic E-state index is 0.570. The highest BCUT2D eigenvalue weighted by molar-refractivity contribution is 6.42. The maximum atomic E-state index is 6.28. The molecule has 0 unspecified atom stereocenters. The second kappa shape index (κ2) is 5.07. The lowest BCUT2D eigenvalue weighted by atomic mass is 10.0. The summed E-state index contributed by atoms with van der Waals surface area (Å²) < 4.78 is 0. The van der Waals surface area contributed by atoms with Crippen molar-refractivity contribution in [3.8, 4) is 11.1 Å². The van der Waals surface area contributed by atoms with Crippen molar-refractivity contribution in [3.63, 3.8) is 0 Å². The average Bonchev–Trinajstić information content (AvgIpc) is 2.29. The van der Waals surface area contributed by atoms with Crippen LogP contribution in [0.2, 0.25) is 20.1 Å². The lowest BCUT2D eigenvalue weighted by Gasteiger charge is -2.11. The fourth-order valence-corrected chi connectivity index (χ4v) is 2.68. The zero-order valence-corrected chi connectivity index (χ0v) is 11.9.